The molecule has 2 nitrogen and oxygen atoms in total. The lowest BCUT2D eigenvalue weighted by Gasteiger charge is -2.18. The third-order valence-corrected chi connectivity index (χ3v) is 6.05. The monoisotopic (exact) mass is 409 g/mol. The summed E-state index contributed by atoms with van der Waals surface area (Å²) in [4.78, 5) is 4.86. The van der Waals surface area contributed by atoms with Crippen molar-refractivity contribution >= 4 is 10.8 Å². The van der Waals surface area contributed by atoms with Crippen molar-refractivity contribution in [3.63, 3.8) is 0 Å². The largest absolute Gasteiger partial charge is 0.256 e. The minimum absolute atomic E-state index is 0.258. The SMILES string of the molecule is Cc1cc(C)c(C)c(-c2c3ccccc3c(-c3ccc(CC(C)(C)C)cn3)c[n+]2C)c1. The highest BCUT2D eigenvalue weighted by Crippen LogP contribution is 2.34. The van der Waals surface area contributed by atoms with Gasteiger partial charge in [-0.3, -0.25) is 4.98 Å². The second kappa shape index (κ2) is 7.92. The zero-order valence-electron chi connectivity index (χ0n) is 19.9. The van der Waals surface area contributed by atoms with Gasteiger partial charge in [-0.2, -0.15) is 4.57 Å². The van der Waals surface area contributed by atoms with Gasteiger partial charge >= 0.3 is 0 Å². The fraction of sp³-hybridized carbons (Fsp3) is 0.310. The van der Waals surface area contributed by atoms with Crippen LogP contribution in [0.4, 0.5) is 0 Å². The number of pyridine rings is 2. The predicted octanol–water partition coefficient (Wildman–Crippen LogP) is 6.91. The van der Waals surface area contributed by atoms with Gasteiger partial charge in [0.15, 0.2) is 6.20 Å². The topological polar surface area (TPSA) is 16.8 Å². The Bertz CT molecular complexity index is 1260. The van der Waals surface area contributed by atoms with Crippen LogP contribution in [-0.4, -0.2) is 4.98 Å². The summed E-state index contributed by atoms with van der Waals surface area (Å²) in [5, 5.41) is 2.50. The van der Waals surface area contributed by atoms with Crippen LogP contribution in [0.1, 0.15) is 43.0 Å². The Morgan fingerprint density at radius 1 is 0.871 bits per heavy atom. The average Bonchev–Trinajstić information content (AvgIpc) is 2.70. The lowest BCUT2D eigenvalue weighted by Crippen LogP contribution is -2.31. The highest BCUT2D eigenvalue weighted by molar-refractivity contribution is 6.01. The third-order valence-electron chi connectivity index (χ3n) is 6.05. The molecule has 158 valence electrons. The number of aromatic nitrogens is 2. The molecule has 2 heterocycles. The van der Waals surface area contributed by atoms with Crippen molar-refractivity contribution in [2.75, 3.05) is 0 Å². The van der Waals surface area contributed by atoms with Gasteiger partial charge in [-0.05, 0) is 67.5 Å². The lowest BCUT2D eigenvalue weighted by atomic mass is 9.88. The first kappa shape index (κ1) is 21.2. The Labute approximate surface area is 186 Å². The van der Waals surface area contributed by atoms with Crippen molar-refractivity contribution in [2.24, 2.45) is 12.5 Å². The van der Waals surface area contributed by atoms with E-state index in [0.717, 1.165) is 12.1 Å². The second-order valence-electron chi connectivity index (χ2n) is 10.1. The fourth-order valence-electron chi connectivity index (χ4n) is 4.57. The molecule has 0 saturated carbocycles. The molecule has 2 aromatic carbocycles. The van der Waals surface area contributed by atoms with Gasteiger partial charge in [-0.25, -0.2) is 0 Å². The maximum Gasteiger partial charge on any atom is 0.220 e. The summed E-state index contributed by atoms with van der Waals surface area (Å²) in [6.07, 6.45) is 5.30. The Hall–Kier alpha value is -3.00. The number of hydrogen-bond donors (Lipinski definition) is 0. The molecule has 0 amide bonds. The van der Waals surface area contributed by atoms with Crippen molar-refractivity contribution in [1.29, 1.82) is 0 Å². The summed E-state index contributed by atoms with van der Waals surface area (Å²) in [6, 6.07) is 17.7. The van der Waals surface area contributed by atoms with E-state index in [4.69, 9.17) is 4.98 Å². The molecule has 0 aliphatic heterocycles. The first-order valence-corrected chi connectivity index (χ1v) is 11.1. The van der Waals surface area contributed by atoms with Crippen LogP contribution in [0.5, 0.6) is 0 Å². The summed E-state index contributed by atoms with van der Waals surface area (Å²) in [5.41, 5.74) is 10.3. The number of rotatable bonds is 3. The second-order valence-corrected chi connectivity index (χ2v) is 10.1. The zero-order valence-corrected chi connectivity index (χ0v) is 19.9. The van der Waals surface area contributed by atoms with Gasteiger partial charge in [0, 0.05) is 11.6 Å². The minimum Gasteiger partial charge on any atom is -0.256 e. The average molecular weight is 410 g/mol. The zero-order chi connectivity index (χ0) is 22.3. The molecule has 0 atom stereocenters. The molecule has 0 radical (unpaired) electrons. The van der Waals surface area contributed by atoms with E-state index in [9.17, 15) is 0 Å². The van der Waals surface area contributed by atoms with Crippen molar-refractivity contribution in [3.8, 4) is 22.5 Å². The summed E-state index contributed by atoms with van der Waals surface area (Å²) >= 11 is 0. The Morgan fingerprint density at radius 3 is 2.23 bits per heavy atom. The van der Waals surface area contributed by atoms with Crippen LogP contribution in [0.3, 0.4) is 0 Å². The van der Waals surface area contributed by atoms with Gasteiger partial charge in [0.25, 0.3) is 0 Å². The molecule has 0 spiro atoms. The molecule has 2 heteroatoms. The predicted molar refractivity (Wildman–Crippen MR) is 131 cm³/mol. The smallest absolute Gasteiger partial charge is 0.220 e. The first-order chi connectivity index (χ1) is 14.6. The van der Waals surface area contributed by atoms with Crippen LogP contribution < -0.4 is 4.57 Å². The van der Waals surface area contributed by atoms with Gasteiger partial charge in [0.2, 0.25) is 5.69 Å². The molecule has 0 aliphatic rings. The van der Waals surface area contributed by atoms with Gasteiger partial charge < -0.3 is 0 Å². The molecule has 0 N–H and O–H groups in total. The summed E-state index contributed by atoms with van der Waals surface area (Å²) in [6.45, 7) is 13.4. The first-order valence-electron chi connectivity index (χ1n) is 11.1. The van der Waals surface area contributed by atoms with E-state index < -0.39 is 0 Å². The van der Waals surface area contributed by atoms with E-state index >= 15 is 0 Å². The van der Waals surface area contributed by atoms with Crippen molar-refractivity contribution in [3.05, 3.63) is 83.2 Å². The maximum absolute atomic E-state index is 4.86. The number of fused-ring (bicyclic) bond motifs is 1. The molecule has 4 rings (SSSR count). The molecular weight excluding hydrogens is 376 g/mol. The summed E-state index contributed by atoms with van der Waals surface area (Å²) < 4.78 is 2.27. The molecule has 0 aliphatic carbocycles. The van der Waals surface area contributed by atoms with Crippen LogP contribution in [0.2, 0.25) is 0 Å². The Balaban J connectivity index is 1.91. The molecule has 0 saturated heterocycles. The lowest BCUT2D eigenvalue weighted by molar-refractivity contribution is -0.658. The van der Waals surface area contributed by atoms with Gasteiger partial charge in [-0.1, -0.05) is 56.7 Å². The fourth-order valence-corrected chi connectivity index (χ4v) is 4.57. The quantitative estimate of drug-likeness (QED) is 0.336. The third kappa shape index (κ3) is 4.25. The van der Waals surface area contributed by atoms with Crippen molar-refractivity contribution in [2.45, 2.75) is 48.0 Å². The highest BCUT2D eigenvalue weighted by atomic mass is 14.9. The van der Waals surface area contributed by atoms with Crippen molar-refractivity contribution in [1.82, 2.24) is 4.98 Å². The van der Waals surface area contributed by atoms with E-state index in [2.05, 4.69) is 108 Å². The minimum atomic E-state index is 0.258. The summed E-state index contributed by atoms with van der Waals surface area (Å²) in [7, 11) is 2.15. The number of nitrogens with zero attached hydrogens (tertiary/aromatic N) is 2. The Morgan fingerprint density at radius 2 is 1.58 bits per heavy atom. The van der Waals surface area contributed by atoms with Crippen LogP contribution >= 0.6 is 0 Å². The molecular formula is C29H33N2+. The van der Waals surface area contributed by atoms with Crippen LogP contribution in [0.15, 0.2) is 60.9 Å². The molecule has 31 heavy (non-hydrogen) atoms. The van der Waals surface area contributed by atoms with E-state index in [-0.39, 0.29) is 5.41 Å². The van der Waals surface area contributed by atoms with E-state index in [1.165, 1.54) is 49.8 Å². The molecule has 0 fully saturated rings. The van der Waals surface area contributed by atoms with Gasteiger partial charge in [0.05, 0.1) is 22.2 Å². The number of hydrogen-bond acceptors (Lipinski definition) is 1. The van der Waals surface area contributed by atoms with Crippen LogP contribution in [0.25, 0.3) is 33.3 Å². The number of benzene rings is 2. The van der Waals surface area contributed by atoms with Gasteiger partial charge in [-0.15, -0.1) is 0 Å². The Kier molecular flexibility index (Phi) is 5.43. The van der Waals surface area contributed by atoms with Crippen LogP contribution in [0, 0.1) is 26.2 Å². The van der Waals surface area contributed by atoms with E-state index in [1.54, 1.807) is 0 Å². The molecule has 4 aromatic rings. The molecule has 2 aromatic heterocycles. The normalized spacial score (nSPS) is 11.8. The standard InChI is InChI=1S/C29H33N2/c1-19-14-20(2)21(3)25(15-19)28-24-11-9-8-10-23(24)26(18-31(28)7)27-13-12-22(17-30-27)16-29(4,5)6/h8-15,17-18H,16H2,1-7H3/q+1. The molecule has 0 bridgehead atoms. The summed E-state index contributed by atoms with van der Waals surface area (Å²) in [5.74, 6) is 0. The maximum atomic E-state index is 4.86. The van der Waals surface area contributed by atoms with E-state index in [0.29, 0.717) is 0 Å². The number of aryl methyl sites for hydroxylation is 3. The highest BCUT2D eigenvalue weighted by Gasteiger charge is 2.22. The van der Waals surface area contributed by atoms with Crippen molar-refractivity contribution < 1.29 is 4.57 Å². The van der Waals surface area contributed by atoms with Gasteiger partial charge in [0.1, 0.15) is 7.05 Å². The van der Waals surface area contributed by atoms with Crippen LogP contribution in [-0.2, 0) is 13.5 Å². The molecule has 0 unspecified atom stereocenters. The van der Waals surface area contributed by atoms with E-state index in [1.807, 2.05) is 6.20 Å².